The standard InChI is InChI=1S/C10H14N4/c1-9(14-8-11-2)13-7-10-5-3-4-6-12-10/h3-6,8,13H,1,7H2,2H3,(H,11,14). The monoisotopic (exact) mass is 190 g/mol. The van der Waals surface area contributed by atoms with Gasteiger partial charge in [-0.3, -0.25) is 4.98 Å². The van der Waals surface area contributed by atoms with Gasteiger partial charge in [-0.2, -0.15) is 0 Å². The highest BCUT2D eigenvalue weighted by atomic mass is 15.1. The van der Waals surface area contributed by atoms with Crippen molar-refractivity contribution in [2.24, 2.45) is 4.99 Å². The van der Waals surface area contributed by atoms with Crippen molar-refractivity contribution in [1.82, 2.24) is 15.6 Å². The van der Waals surface area contributed by atoms with E-state index in [9.17, 15) is 0 Å². The summed E-state index contributed by atoms with van der Waals surface area (Å²) in [6, 6.07) is 5.78. The predicted octanol–water partition coefficient (Wildman–Crippen LogP) is 0.890. The van der Waals surface area contributed by atoms with Gasteiger partial charge in [0.05, 0.1) is 18.6 Å². The van der Waals surface area contributed by atoms with Gasteiger partial charge < -0.3 is 10.6 Å². The highest BCUT2D eigenvalue weighted by molar-refractivity contribution is 5.55. The number of nitrogens with one attached hydrogen (secondary N) is 2. The quantitative estimate of drug-likeness (QED) is 0.535. The molecule has 0 saturated carbocycles. The maximum absolute atomic E-state index is 4.16. The fourth-order valence-corrected chi connectivity index (χ4v) is 0.883. The first-order chi connectivity index (χ1) is 6.83. The topological polar surface area (TPSA) is 49.3 Å². The molecule has 2 N–H and O–H groups in total. The van der Waals surface area contributed by atoms with Crippen molar-refractivity contribution in [3.8, 4) is 0 Å². The molecule has 74 valence electrons. The summed E-state index contributed by atoms with van der Waals surface area (Å²) < 4.78 is 0. The van der Waals surface area contributed by atoms with Gasteiger partial charge in [-0.25, -0.2) is 4.99 Å². The largest absolute Gasteiger partial charge is 0.379 e. The molecule has 14 heavy (non-hydrogen) atoms. The summed E-state index contributed by atoms with van der Waals surface area (Å²) >= 11 is 0. The lowest BCUT2D eigenvalue weighted by Crippen LogP contribution is -2.12. The van der Waals surface area contributed by atoms with Crippen molar-refractivity contribution in [2.75, 3.05) is 7.05 Å². The number of rotatable bonds is 5. The Bertz CT molecular complexity index is 305. The summed E-state index contributed by atoms with van der Waals surface area (Å²) in [5, 5.41) is 5.83. The van der Waals surface area contributed by atoms with Gasteiger partial charge in [0.15, 0.2) is 0 Å². The summed E-state index contributed by atoms with van der Waals surface area (Å²) in [4.78, 5) is 8.15. The van der Waals surface area contributed by atoms with E-state index >= 15 is 0 Å². The SMILES string of the molecule is C=C(/N=C\NC)NCc1ccccn1. The van der Waals surface area contributed by atoms with E-state index in [0.29, 0.717) is 12.4 Å². The minimum atomic E-state index is 0.616. The molecule has 0 aliphatic heterocycles. The Morgan fingerprint density at radius 3 is 3.14 bits per heavy atom. The van der Waals surface area contributed by atoms with Crippen molar-refractivity contribution in [1.29, 1.82) is 0 Å². The highest BCUT2D eigenvalue weighted by Crippen LogP contribution is 1.94. The molecular formula is C10H14N4. The van der Waals surface area contributed by atoms with Crippen LogP contribution in [0, 0.1) is 0 Å². The lowest BCUT2D eigenvalue weighted by atomic mass is 10.3. The fraction of sp³-hybridized carbons (Fsp3) is 0.200. The fourth-order valence-electron chi connectivity index (χ4n) is 0.883. The normalized spacial score (nSPS) is 10.1. The first kappa shape index (κ1) is 10.2. The molecule has 1 heterocycles. The maximum Gasteiger partial charge on any atom is 0.120 e. The van der Waals surface area contributed by atoms with Crippen LogP contribution in [0.3, 0.4) is 0 Å². The number of pyridine rings is 1. The molecule has 1 aromatic heterocycles. The highest BCUT2D eigenvalue weighted by Gasteiger charge is 1.92. The van der Waals surface area contributed by atoms with Gasteiger partial charge in [0.2, 0.25) is 0 Å². The van der Waals surface area contributed by atoms with Crippen LogP contribution in [0.2, 0.25) is 0 Å². The molecule has 0 spiro atoms. The second-order valence-corrected chi connectivity index (χ2v) is 2.67. The zero-order chi connectivity index (χ0) is 10.2. The van der Waals surface area contributed by atoms with E-state index in [1.165, 1.54) is 0 Å². The first-order valence-corrected chi connectivity index (χ1v) is 4.35. The van der Waals surface area contributed by atoms with E-state index in [1.807, 2.05) is 18.2 Å². The molecule has 0 saturated heterocycles. The van der Waals surface area contributed by atoms with E-state index < -0.39 is 0 Å². The van der Waals surface area contributed by atoms with Crippen LogP contribution < -0.4 is 10.6 Å². The predicted molar refractivity (Wildman–Crippen MR) is 57.8 cm³/mol. The van der Waals surface area contributed by atoms with Crippen LogP contribution in [0.15, 0.2) is 41.8 Å². The number of hydrogen-bond acceptors (Lipinski definition) is 3. The van der Waals surface area contributed by atoms with Crippen LogP contribution in [0.4, 0.5) is 0 Å². The van der Waals surface area contributed by atoms with Gasteiger partial charge >= 0.3 is 0 Å². The summed E-state index contributed by atoms with van der Waals surface area (Å²) in [6.07, 6.45) is 3.34. The zero-order valence-corrected chi connectivity index (χ0v) is 8.20. The molecule has 0 atom stereocenters. The Kier molecular flexibility index (Phi) is 4.20. The number of nitrogens with zero attached hydrogens (tertiary/aromatic N) is 2. The molecule has 0 unspecified atom stereocenters. The molecule has 4 heteroatoms. The molecule has 1 aromatic rings. The van der Waals surface area contributed by atoms with Crippen molar-refractivity contribution < 1.29 is 0 Å². The summed E-state index contributed by atoms with van der Waals surface area (Å²) in [6.45, 7) is 4.37. The third-order valence-corrected chi connectivity index (χ3v) is 1.55. The number of aliphatic imine (C=N–C) groups is 1. The Morgan fingerprint density at radius 2 is 2.50 bits per heavy atom. The lowest BCUT2D eigenvalue weighted by Gasteiger charge is -2.03. The molecule has 0 aliphatic rings. The molecule has 4 nitrogen and oxygen atoms in total. The van der Waals surface area contributed by atoms with Crippen molar-refractivity contribution in [3.05, 3.63) is 42.5 Å². The molecule has 0 aliphatic carbocycles. The van der Waals surface area contributed by atoms with Gasteiger partial charge in [-0.15, -0.1) is 0 Å². The summed E-state index contributed by atoms with van der Waals surface area (Å²) in [7, 11) is 1.79. The second kappa shape index (κ2) is 5.75. The average Bonchev–Trinajstić information content (AvgIpc) is 2.25. The minimum Gasteiger partial charge on any atom is -0.379 e. The van der Waals surface area contributed by atoms with E-state index in [-0.39, 0.29) is 0 Å². The first-order valence-electron chi connectivity index (χ1n) is 4.35. The maximum atomic E-state index is 4.16. The van der Waals surface area contributed by atoms with Gasteiger partial charge in [-0.05, 0) is 12.1 Å². The van der Waals surface area contributed by atoms with Crippen LogP contribution in [0.1, 0.15) is 5.69 Å². The van der Waals surface area contributed by atoms with Crippen LogP contribution in [0.5, 0.6) is 0 Å². The molecule has 0 bridgehead atoms. The van der Waals surface area contributed by atoms with E-state index in [2.05, 4.69) is 27.2 Å². The van der Waals surface area contributed by atoms with Crippen LogP contribution in [0.25, 0.3) is 0 Å². The van der Waals surface area contributed by atoms with Crippen LogP contribution >= 0.6 is 0 Å². The summed E-state index contributed by atoms with van der Waals surface area (Å²) in [5.74, 6) is 0.616. The van der Waals surface area contributed by atoms with E-state index in [1.54, 1.807) is 19.6 Å². The Balaban J connectivity index is 2.34. The smallest absolute Gasteiger partial charge is 0.120 e. The molecule has 1 rings (SSSR count). The van der Waals surface area contributed by atoms with Crippen molar-refractivity contribution in [2.45, 2.75) is 6.54 Å². The second-order valence-electron chi connectivity index (χ2n) is 2.67. The minimum absolute atomic E-state index is 0.616. The van der Waals surface area contributed by atoms with Gasteiger partial charge in [0.25, 0.3) is 0 Å². The van der Waals surface area contributed by atoms with Gasteiger partial charge in [0, 0.05) is 13.2 Å². The third kappa shape index (κ3) is 3.71. The Morgan fingerprint density at radius 1 is 1.64 bits per heavy atom. The van der Waals surface area contributed by atoms with Gasteiger partial charge in [0.1, 0.15) is 5.82 Å². The molecular weight excluding hydrogens is 176 g/mol. The van der Waals surface area contributed by atoms with Crippen LogP contribution in [-0.2, 0) is 6.54 Å². The molecule has 0 fully saturated rings. The number of aromatic nitrogens is 1. The zero-order valence-electron chi connectivity index (χ0n) is 8.20. The lowest BCUT2D eigenvalue weighted by molar-refractivity contribution is 0.781. The Hall–Kier alpha value is -1.84. The van der Waals surface area contributed by atoms with Crippen molar-refractivity contribution >= 4 is 6.34 Å². The average molecular weight is 190 g/mol. The number of hydrogen-bond donors (Lipinski definition) is 2. The Labute approximate surface area is 83.8 Å². The van der Waals surface area contributed by atoms with E-state index in [0.717, 1.165) is 5.69 Å². The van der Waals surface area contributed by atoms with Crippen molar-refractivity contribution in [3.63, 3.8) is 0 Å². The van der Waals surface area contributed by atoms with E-state index in [4.69, 9.17) is 0 Å². The molecule has 0 aromatic carbocycles. The van der Waals surface area contributed by atoms with Crippen LogP contribution in [-0.4, -0.2) is 18.4 Å². The molecule has 0 radical (unpaired) electrons. The molecule has 0 amide bonds. The summed E-state index contributed by atoms with van der Waals surface area (Å²) in [5.41, 5.74) is 0.966. The third-order valence-electron chi connectivity index (χ3n) is 1.55. The van der Waals surface area contributed by atoms with Gasteiger partial charge in [-0.1, -0.05) is 12.6 Å².